The van der Waals surface area contributed by atoms with E-state index in [2.05, 4.69) is 20.3 Å². The van der Waals surface area contributed by atoms with Crippen LogP contribution in [0, 0.1) is 0 Å². The van der Waals surface area contributed by atoms with Gasteiger partial charge < -0.3 is 15.2 Å². The minimum absolute atomic E-state index is 0.0308. The molecule has 7 nitrogen and oxygen atoms in total. The first-order chi connectivity index (χ1) is 15.3. The van der Waals surface area contributed by atoms with Gasteiger partial charge >= 0.3 is 6.18 Å². The maximum atomic E-state index is 13.0. The molecule has 2 fully saturated rings. The van der Waals surface area contributed by atoms with Gasteiger partial charge in [0.1, 0.15) is 17.5 Å². The Morgan fingerprint density at radius 2 is 2.03 bits per heavy atom. The normalized spacial score (nSPS) is 19.4. The largest absolute Gasteiger partial charge is 0.416 e. The van der Waals surface area contributed by atoms with Crippen LogP contribution in [0.25, 0.3) is 0 Å². The number of halogens is 3. The molecule has 2 aliphatic rings. The quantitative estimate of drug-likeness (QED) is 0.669. The highest BCUT2D eigenvalue weighted by atomic mass is 19.4. The lowest BCUT2D eigenvalue weighted by atomic mass is 9.94. The number of hydrogen-bond acceptors (Lipinski definition) is 6. The first-order valence-corrected chi connectivity index (χ1v) is 10.7. The Hall–Kier alpha value is -3.04. The molecule has 1 saturated carbocycles. The third kappa shape index (κ3) is 5.41. The Morgan fingerprint density at radius 3 is 2.75 bits per heavy atom. The zero-order chi connectivity index (χ0) is 22.7. The second kappa shape index (κ2) is 9.22. The third-order valence-corrected chi connectivity index (χ3v) is 5.69. The number of amides is 1. The molecule has 0 radical (unpaired) electrons. The Kier molecular flexibility index (Phi) is 6.38. The predicted molar refractivity (Wildman–Crippen MR) is 114 cm³/mol. The lowest BCUT2D eigenvalue weighted by Gasteiger charge is -2.32. The molecular weight excluding hydrogens is 421 g/mol. The highest BCUT2D eigenvalue weighted by Crippen LogP contribution is 2.40. The summed E-state index contributed by atoms with van der Waals surface area (Å²) in [7, 11) is 1.64. The Bertz CT molecular complexity index is 1010. The van der Waals surface area contributed by atoms with Crippen LogP contribution in [-0.2, 0) is 11.0 Å². The molecule has 1 saturated heterocycles. The molecule has 3 heterocycles. The minimum atomic E-state index is -4.45. The van der Waals surface area contributed by atoms with E-state index in [9.17, 15) is 18.0 Å². The fraction of sp³-hybridized carbons (Fsp3) is 0.500. The maximum absolute atomic E-state index is 13.0. The van der Waals surface area contributed by atoms with Gasteiger partial charge in [-0.25, -0.2) is 15.0 Å². The molecule has 1 N–H and O–H groups in total. The van der Waals surface area contributed by atoms with Crippen LogP contribution in [0.1, 0.15) is 61.0 Å². The molecule has 32 heavy (non-hydrogen) atoms. The predicted octanol–water partition coefficient (Wildman–Crippen LogP) is 4.31. The van der Waals surface area contributed by atoms with Crippen LogP contribution in [0.5, 0.6) is 0 Å². The second-order valence-electron chi connectivity index (χ2n) is 8.19. The van der Waals surface area contributed by atoms with Crippen LogP contribution in [0.15, 0.2) is 29.4 Å². The average Bonchev–Trinajstić information content (AvgIpc) is 3.62. The molecule has 10 heteroatoms. The Morgan fingerprint density at radius 1 is 1.22 bits per heavy atom. The van der Waals surface area contributed by atoms with Crippen LogP contribution in [0.3, 0.4) is 0 Å². The van der Waals surface area contributed by atoms with Crippen molar-refractivity contribution in [1.82, 2.24) is 19.9 Å². The van der Waals surface area contributed by atoms with E-state index in [-0.39, 0.29) is 30.0 Å². The number of nitrogens with zero attached hydrogens (tertiary/aromatic N) is 5. The number of likely N-dealkylation sites (tertiary alicyclic amines) is 1. The Labute approximate surface area is 184 Å². The summed E-state index contributed by atoms with van der Waals surface area (Å²) in [6, 6.07) is 3.66. The summed E-state index contributed by atoms with van der Waals surface area (Å²) >= 11 is 0. The lowest BCUT2D eigenvalue weighted by molar-refractivity contribution is -0.137. The number of alkyl halides is 3. The van der Waals surface area contributed by atoms with Crippen LogP contribution in [0.4, 0.5) is 24.8 Å². The molecule has 4 rings (SSSR count). The van der Waals surface area contributed by atoms with Crippen molar-refractivity contribution in [1.29, 1.82) is 0 Å². The molecule has 1 aliphatic carbocycles. The molecule has 0 aromatic carbocycles. The van der Waals surface area contributed by atoms with Crippen LogP contribution in [0.2, 0.25) is 0 Å². The van der Waals surface area contributed by atoms with Gasteiger partial charge in [-0.15, -0.1) is 0 Å². The van der Waals surface area contributed by atoms with E-state index in [0.717, 1.165) is 49.7 Å². The van der Waals surface area contributed by atoms with Gasteiger partial charge in [0.15, 0.2) is 0 Å². The van der Waals surface area contributed by atoms with Crippen molar-refractivity contribution >= 4 is 23.8 Å². The van der Waals surface area contributed by atoms with Gasteiger partial charge in [0.2, 0.25) is 5.91 Å². The van der Waals surface area contributed by atoms with E-state index in [0.29, 0.717) is 24.7 Å². The van der Waals surface area contributed by atoms with Gasteiger partial charge in [-0.2, -0.15) is 13.2 Å². The van der Waals surface area contributed by atoms with E-state index < -0.39 is 11.7 Å². The lowest BCUT2D eigenvalue weighted by Crippen LogP contribution is -2.39. The summed E-state index contributed by atoms with van der Waals surface area (Å²) < 4.78 is 39.1. The number of carbonyl (C=O) groups is 1. The number of aliphatic imine (C=N–C) groups is 1. The van der Waals surface area contributed by atoms with Crippen LogP contribution >= 0.6 is 0 Å². The molecule has 170 valence electrons. The zero-order valence-corrected chi connectivity index (χ0v) is 17.8. The number of carbonyl (C=O) groups excluding carboxylic acids is 1. The second-order valence-corrected chi connectivity index (χ2v) is 8.19. The fourth-order valence-electron chi connectivity index (χ4n) is 3.83. The van der Waals surface area contributed by atoms with Crippen molar-refractivity contribution in [3.05, 3.63) is 41.5 Å². The van der Waals surface area contributed by atoms with E-state index in [1.807, 2.05) is 4.90 Å². The number of pyridine rings is 1. The van der Waals surface area contributed by atoms with Crippen molar-refractivity contribution in [2.75, 3.05) is 25.5 Å². The molecule has 0 spiro atoms. The molecule has 2 aromatic heterocycles. The maximum Gasteiger partial charge on any atom is 0.416 e. The van der Waals surface area contributed by atoms with Crippen molar-refractivity contribution in [2.45, 2.75) is 50.1 Å². The van der Waals surface area contributed by atoms with Crippen molar-refractivity contribution in [3.8, 4) is 0 Å². The summed E-state index contributed by atoms with van der Waals surface area (Å²) in [6.07, 6.45) is 2.29. The highest BCUT2D eigenvalue weighted by molar-refractivity contribution is 5.89. The smallest absolute Gasteiger partial charge is 0.342 e. The summed E-state index contributed by atoms with van der Waals surface area (Å²) in [5, 5.41) is 2.92. The summed E-state index contributed by atoms with van der Waals surface area (Å²) in [6.45, 7) is 1.26. The molecule has 0 bridgehead atoms. The fourth-order valence-corrected chi connectivity index (χ4v) is 3.83. The minimum Gasteiger partial charge on any atom is -0.342 e. The third-order valence-electron chi connectivity index (χ3n) is 5.69. The number of rotatable bonds is 6. The van der Waals surface area contributed by atoms with Gasteiger partial charge in [0, 0.05) is 50.5 Å². The number of aromatic nitrogens is 3. The first kappa shape index (κ1) is 22.2. The zero-order valence-electron chi connectivity index (χ0n) is 17.8. The first-order valence-electron chi connectivity index (χ1n) is 10.7. The van der Waals surface area contributed by atoms with E-state index >= 15 is 0 Å². The van der Waals surface area contributed by atoms with Crippen molar-refractivity contribution in [2.24, 2.45) is 4.99 Å². The Balaban J connectivity index is 1.57. The van der Waals surface area contributed by atoms with Gasteiger partial charge in [-0.3, -0.25) is 4.79 Å². The molecular formula is C22H25F3N6O. The van der Waals surface area contributed by atoms with Crippen molar-refractivity contribution < 1.29 is 18.0 Å². The van der Waals surface area contributed by atoms with E-state index in [1.165, 1.54) is 0 Å². The molecule has 1 amide bonds. The van der Waals surface area contributed by atoms with Crippen molar-refractivity contribution in [3.63, 3.8) is 0 Å². The van der Waals surface area contributed by atoms with Gasteiger partial charge in [-0.05, 0) is 37.8 Å². The number of hydrogen-bond donors (Lipinski definition) is 1. The van der Waals surface area contributed by atoms with Crippen LogP contribution < -0.4 is 5.32 Å². The monoisotopic (exact) mass is 446 g/mol. The standard InChI is InChI=1S/C22H25F3N6O/c1-26-8-7-20(32)31-10-2-3-15(13-31)17-12-19(30-21(28-17)14-4-5-14)29-18-11-16(6-9-27-18)22(23,24)25/h6,8-9,11-12,14-15H,2-5,7,10,13H2,1H3,(H,27,28,29,30)/b26-8+. The number of nitrogens with one attached hydrogen (secondary N) is 1. The summed E-state index contributed by atoms with van der Waals surface area (Å²) in [4.78, 5) is 31.4. The number of anilines is 2. The average molecular weight is 446 g/mol. The number of piperidine rings is 1. The molecule has 1 atom stereocenters. The van der Waals surface area contributed by atoms with Gasteiger partial charge in [-0.1, -0.05) is 0 Å². The molecule has 2 aromatic rings. The molecule has 1 aliphatic heterocycles. The molecule has 1 unspecified atom stereocenters. The summed E-state index contributed by atoms with van der Waals surface area (Å²) in [5.41, 5.74) is 0.0294. The van der Waals surface area contributed by atoms with Gasteiger partial charge in [0.05, 0.1) is 17.7 Å². The SMILES string of the molecule is C/N=C/CC(=O)N1CCCC(c2cc(Nc3cc(C(F)(F)F)ccn3)nc(C3CC3)n2)C1. The topological polar surface area (TPSA) is 83.4 Å². The van der Waals surface area contributed by atoms with Gasteiger partial charge in [0.25, 0.3) is 0 Å². The van der Waals surface area contributed by atoms with E-state index in [4.69, 9.17) is 4.98 Å². The van der Waals surface area contributed by atoms with Crippen LogP contribution in [-0.4, -0.2) is 52.1 Å². The highest BCUT2D eigenvalue weighted by Gasteiger charge is 2.32. The van der Waals surface area contributed by atoms with E-state index in [1.54, 1.807) is 19.3 Å². The summed E-state index contributed by atoms with van der Waals surface area (Å²) in [5.74, 6) is 1.53.